The summed E-state index contributed by atoms with van der Waals surface area (Å²) in [6.45, 7) is 4.71. The third-order valence-electron chi connectivity index (χ3n) is 4.42. The maximum Gasteiger partial charge on any atom is 0.227 e. The highest BCUT2D eigenvalue weighted by Crippen LogP contribution is 2.24. The molecule has 1 N–H and O–H groups in total. The van der Waals surface area contributed by atoms with Gasteiger partial charge in [-0.25, -0.2) is 12.7 Å². The Morgan fingerprint density at radius 2 is 2.00 bits per heavy atom. The first-order valence-electron chi connectivity index (χ1n) is 8.38. The molecule has 1 saturated heterocycles. The number of halogens is 1. The molecule has 1 aromatic rings. The second kappa shape index (κ2) is 8.32. The molecule has 1 amide bonds. The first-order chi connectivity index (χ1) is 11.3. The zero-order valence-electron chi connectivity index (χ0n) is 14.2. The number of aryl methyl sites for hydroxylation is 1. The Hall–Kier alpha value is -1.11. The molecule has 0 aliphatic carbocycles. The van der Waals surface area contributed by atoms with Crippen LogP contribution in [-0.2, 0) is 14.8 Å². The molecule has 0 saturated carbocycles. The third kappa shape index (κ3) is 4.94. The van der Waals surface area contributed by atoms with E-state index in [9.17, 15) is 13.2 Å². The van der Waals surface area contributed by atoms with Crippen molar-refractivity contribution >= 4 is 33.2 Å². The van der Waals surface area contributed by atoms with Crippen molar-refractivity contribution in [2.24, 2.45) is 5.92 Å². The summed E-state index contributed by atoms with van der Waals surface area (Å²) in [6.07, 6.45) is 2.66. The molecule has 0 atom stereocenters. The molecule has 1 aliphatic rings. The van der Waals surface area contributed by atoms with Crippen LogP contribution >= 0.6 is 11.6 Å². The van der Waals surface area contributed by atoms with Crippen LogP contribution in [0.4, 0.5) is 5.69 Å². The van der Waals surface area contributed by atoms with Gasteiger partial charge in [0, 0.05) is 29.7 Å². The van der Waals surface area contributed by atoms with Gasteiger partial charge < -0.3 is 5.32 Å². The van der Waals surface area contributed by atoms with E-state index in [2.05, 4.69) is 5.32 Å². The zero-order valence-corrected chi connectivity index (χ0v) is 15.8. The highest BCUT2D eigenvalue weighted by molar-refractivity contribution is 7.89. The number of hydrogen-bond donors (Lipinski definition) is 1. The molecular weight excluding hydrogens is 348 g/mol. The van der Waals surface area contributed by atoms with Crippen molar-refractivity contribution in [1.29, 1.82) is 0 Å². The monoisotopic (exact) mass is 372 g/mol. The fourth-order valence-electron chi connectivity index (χ4n) is 2.85. The summed E-state index contributed by atoms with van der Waals surface area (Å²) in [4.78, 5) is 12.4. The smallest absolute Gasteiger partial charge is 0.227 e. The zero-order chi connectivity index (χ0) is 17.7. The molecule has 1 aliphatic heterocycles. The van der Waals surface area contributed by atoms with E-state index in [-0.39, 0.29) is 17.6 Å². The van der Waals surface area contributed by atoms with Crippen LogP contribution in [0, 0.1) is 12.8 Å². The maximum atomic E-state index is 12.4. The quantitative estimate of drug-likeness (QED) is 0.831. The van der Waals surface area contributed by atoms with Crippen LogP contribution < -0.4 is 5.32 Å². The minimum Gasteiger partial charge on any atom is -0.326 e. The lowest BCUT2D eigenvalue weighted by Crippen LogP contribution is -2.42. The van der Waals surface area contributed by atoms with Gasteiger partial charge in [0.15, 0.2) is 0 Å². The number of anilines is 1. The van der Waals surface area contributed by atoms with E-state index in [4.69, 9.17) is 11.6 Å². The van der Waals surface area contributed by atoms with Gasteiger partial charge in [0.1, 0.15) is 0 Å². The van der Waals surface area contributed by atoms with Gasteiger partial charge in [-0.2, -0.15) is 0 Å². The van der Waals surface area contributed by atoms with Crippen molar-refractivity contribution < 1.29 is 13.2 Å². The molecule has 0 spiro atoms. The van der Waals surface area contributed by atoms with Crippen LogP contribution in [0.25, 0.3) is 0 Å². The van der Waals surface area contributed by atoms with E-state index in [1.165, 1.54) is 4.31 Å². The van der Waals surface area contributed by atoms with Gasteiger partial charge in [-0.1, -0.05) is 24.9 Å². The number of sulfonamides is 1. The van der Waals surface area contributed by atoms with E-state index in [1.54, 1.807) is 18.2 Å². The normalized spacial score (nSPS) is 17.0. The SMILES string of the molecule is CCCCS(=O)(=O)N1CCC(C(=O)Nc2ccc(Cl)cc2C)CC1. The Morgan fingerprint density at radius 1 is 1.33 bits per heavy atom. The number of nitrogens with zero attached hydrogens (tertiary/aromatic N) is 1. The summed E-state index contributed by atoms with van der Waals surface area (Å²) < 4.78 is 25.9. The lowest BCUT2D eigenvalue weighted by Gasteiger charge is -2.30. The lowest BCUT2D eigenvalue weighted by molar-refractivity contribution is -0.120. The van der Waals surface area contributed by atoms with E-state index in [1.807, 2.05) is 13.8 Å². The van der Waals surface area contributed by atoms with Gasteiger partial charge in [-0.3, -0.25) is 4.79 Å². The van der Waals surface area contributed by atoms with Gasteiger partial charge in [0.05, 0.1) is 5.75 Å². The minimum absolute atomic E-state index is 0.0500. The number of hydrogen-bond acceptors (Lipinski definition) is 3. The molecule has 1 fully saturated rings. The van der Waals surface area contributed by atoms with Gasteiger partial charge >= 0.3 is 0 Å². The van der Waals surface area contributed by atoms with Gasteiger partial charge in [-0.15, -0.1) is 0 Å². The molecule has 5 nitrogen and oxygen atoms in total. The molecule has 1 heterocycles. The summed E-state index contributed by atoms with van der Waals surface area (Å²) in [6, 6.07) is 5.34. The highest BCUT2D eigenvalue weighted by Gasteiger charge is 2.30. The molecule has 0 unspecified atom stereocenters. The molecule has 0 bridgehead atoms. The molecule has 1 aromatic carbocycles. The average Bonchev–Trinajstić information content (AvgIpc) is 2.55. The maximum absolute atomic E-state index is 12.4. The molecule has 7 heteroatoms. The van der Waals surface area contributed by atoms with Crippen LogP contribution in [0.3, 0.4) is 0 Å². The highest BCUT2D eigenvalue weighted by atomic mass is 35.5. The number of piperidine rings is 1. The summed E-state index contributed by atoms with van der Waals surface area (Å²) in [5, 5.41) is 3.56. The third-order valence-corrected chi connectivity index (χ3v) is 6.61. The lowest BCUT2D eigenvalue weighted by atomic mass is 9.97. The van der Waals surface area contributed by atoms with Crippen LogP contribution in [0.2, 0.25) is 5.02 Å². The molecular formula is C17H25ClN2O3S. The number of carbonyl (C=O) groups excluding carboxylic acids is 1. The number of rotatable bonds is 6. The van der Waals surface area contributed by atoms with Crippen LogP contribution in [0.5, 0.6) is 0 Å². The van der Waals surface area contributed by atoms with Crippen molar-refractivity contribution in [2.75, 3.05) is 24.2 Å². The first-order valence-corrected chi connectivity index (χ1v) is 10.4. The van der Waals surface area contributed by atoms with Gasteiger partial charge in [0.25, 0.3) is 0 Å². The van der Waals surface area contributed by atoms with Crippen LogP contribution in [0.1, 0.15) is 38.2 Å². The number of benzene rings is 1. The number of amides is 1. The summed E-state index contributed by atoms with van der Waals surface area (Å²) >= 11 is 5.92. The largest absolute Gasteiger partial charge is 0.326 e. The Balaban J connectivity index is 1.91. The average molecular weight is 373 g/mol. The van der Waals surface area contributed by atoms with E-state index < -0.39 is 10.0 Å². The molecule has 24 heavy (non-hydrogen) atoms. The molecule has 0 radical (unpaired) electrons. The predicted molar refractivity (Wildman–Crippen MR) is 97.8 cm³/mol. The fourth-order valence-corrected chi connectivity index (χ4v) is 4.76. The fraction of sp³-hybridized carbons (Fsp3) is 0.588. The minimum atomic E-state index is -3.18. The van der Waals surface area contributed by atoms with Crippen LogP contribution in [0.15, 0.2) is 18.2 Å². The van der Waals surface area contributed by atoms with Crippen molar-refractivity contribution in [3.05, 3.63) is 28.8 Å². The van der Waals surface area contributed by atoms with Gasteiger partial charge in [-0.05, 0) is 49.9 Å². The summed E-state index contributed by atoms with van der Waals surface area (Å²) in [7, 11) is -3.18. The number of carbonyl (C=O) groups is 1. The first kappa shape index (κ1) is 19.2. The van der Waals surface area contributed by atoms with E-state index >= 15 is 0 Å². The Morgan fingerprint density at radius 3 is 2.58 bits per heavy atom. The summed E-state index contributed by atoms with van der Waals surface area (Å²) in [5.41, 5.74) is 1.66. The van der Waals surface area contributed by atoms with E-state index in [0.717, 1.165) is 17.7 Å². The number of unbranched alkanes of at least 4 members (excludes halogenated alkanes) is 1. The second-order valence-electron chi connectivity index (χ2n) is 6.29. The Kier molecular flexibility index (Phi) is 6.66. The molecule has 0 aromatic heterocycles. The Bertz CT molecular complexity index is 683. The Labute approximate surface area is 149 Å². The van der Waals surface area contributed by atoms with Crippen molar-refractivity contribution in [3.63, 3.8) is 0 Å². The standard InChI is InChI=1S/C17H25ClN2O3S/c1-3-4-11-24(22,23)20-9-7-14(8-10-20)17(21)19-16-6-5-15(18)12-13(16)2/h5-6,12,14H,3-4,7-11H2,1-2H3,(H,19,21). The van der Waals surface area contributed by atoms with E-state index in [0.29, 0.717) is 37.4 Å². The van der Waals surface area contributed by atoms with Crippen molar-refractivity contribution in [2.45, 2.75) is 39.5 Å². The van der Waals surface area contributed by atoms with Crippen LogP contribution in [-0.4, -0.2) is 37.5 Å². The summed E-state index contributed by atoms with van der Waals surface area (Å²) in [5.74, 6) is -0.00614. The predicted octanol–water partition coefficient (Wildman–Crippen LogP) is 3.43. The molecule has 2 rings (SSSR count). The topological polar surface area (TPSA) is 66.5 Å². The molecule has 134 valence electrons. The van der Waals surface area contributed by atoms with Crippen molar-refractivity contribution in [1.82, 2.24) is 4.31 Å². The van der Waals surface area contributed by atoms with Crippen molar-refractivity contribution in [3.8, 4) is 0 Å². The number of nitrogens with one attached hydrogen (secondary N) is 1. The van der Waals surface area contributed by atoms with Gasteiger partial charge in [0.2, 0.25) is 15.9 Å². The second-order valence-corrected chi connectivity index (χ2v) is 8.82.